The SMILES string of the molecule is Cn1cnnc1CNc1ccc(C(N)=S)nc1. The van der Waals surface area contributed by atoms with Gasteiger partial charge in [0.15, 0.2) is 5.82 Å². The maximum Gasteiger partial charge on any atom is 0.151 e. The molecule has 0 unspecified atom stereocenters. The van der Waals surface area contributed by atoms with E-state index < -0.39 is 0 Å². The van der Waals surface area contributed by atoms with E-state index in [1.54, 1.807) is 18.6 Å². The van der Waals surface area contributed by atoms with Gasteiger partial charge in [-0.15, -0.1) is 10.2 Å². The zero-order valence-electron chi connectivity index (χ0n) is 9.29. The summed E-state index contributed by atoms with van der Waals surface area (Å²) in [4.78, 5) is 4.43. The van der Waals surface area contributed by atoms with Crippen molar-refractivity contribution in [3.63, 3.8) is 0 Å². The molecule has 0 bridgehead atoms. The summed E-state index contributed by atoms with van der Waals surface area (Å²) >= 11 is 4.83. The van der Waals surface area contributed by atoms with Gasteiger partial charge in [0.05, 0.1) is 24.1 Å². The summed E-state index contributed by atoms with van der Waals surface area (Å²) in [6.07, 6.45) is 3.34. The molecule has 2 aromatic heterocycles. The molecule has 0 spiro atoms. The van der Waals surface area contributed by atoms with Crippen LogP contribution in [0.2, 0.25) is 0 Å². The minimum atomic E-state index is 0.296. The van der Waals surface area contributed by atoms with Crippen LogP contribution in [0, 0.1) is 0 Å². The van der Waals surface area contributed by atoms with Crippen molar-refractivity contribution in [1.29, 1.82) is 0 Å². The van der Waals surface area contributed by atoms with Crippen molar-refractivity contribution in [1.82, 2.24) is 19.7 Å². The van der Waals surface area contributed by atoms with Crippen molar-refractivity contribution >= 4 is 22.9 Å². The fourth-order valence-corrected chi connectivity index (χ4v) is 1.41. The second-order valence-corrected chi connectivity index (χ2v) is 3.95. The fraction of sp³-hybridized carbons (Fsp3) is 0.200. The second-order valence-electron chi connectivity index (χ2n) is 3.51. The Morgan fingerprint density at radius 3 is 2.88 bits per heavy atom. The van der Waals surface area contributed by atoms with E-state index in [1.807, 2.05) is 17.7 Å². The van der Waals surface area contributed by atoms with E-state index in [2.05, 4.69) is 20.5 Å². The molecule has 0 aromatic carbocycles. The van der Waals surface area contributed by atoms with Crippen LogP contribution in [0.1, 0.15) is 11.5 Å². The Labute approximate surface area is 104 Å². The molecule has 0 amide bonds. The predicted molar refractivity (Wildman–Crippen MR) is 68.5 cm³/mol. The van der Waals surface area contributed by atoms with E-state index in [0.29, 0.717) is 17.2 Å². The Morgan fingerprint density at radius 1 is 1.53 bits per heavy atom. The third-order valence-electron chi connectivity index (χ3n) is 2.27. The maximum absolute atomic E-state index is 5.46. The monoisotopic (exact) mass is 248 g/mol. The molecule has 0 radical (unpaired) electrons. The highest BCUT2D eigenvalue weighted by atomic mass is 32.1. The molecule has 0 saturated heterocycles. The van der Waals surface area contributed by atoms with E-state index >= 15 is 0 Å². The van der Waals surface area contributed by atoms with Crippen LogP contribution in [0.4, 0.5) is 5.69 Å². The van der Waals surface area contributed by atoms with Crippen molar-refractivity contribution in [3.05, 3.63) is 36.2 Å². The molecule has 0 aliphatic carbocycles. The number of hydrogen-bond donors (Lipinski definition) is 2. The Morgan fingerprint density at radius 2 is 2.35 bits per heavy atom. The maximum atomic E-state index is 5.46. The third kappa shape index (κ3) is 2.76. The highest BCUT2D eigenvalue weighted by Crippen LogP contribution is 2.07. The lowest BCUT2D eigenvalue weighted by Gasteiger charge is -2.05. The summed E-state index contributed by atoms with van der Waals surface area (Å²) in [6, 6.07) is 3.65. The van der Waals surface area contributed by atoms with Crippen LogP contribution in [-0.4, -0.2) is 24.7 Å². The molecule has 2 rings (SSSR count). The molecule has 7 heteroatoms. The number of nitrogens with two attached hydrogens (primary N) is 1. The summed E-state index contributed by atoms with van der Waals surface area (Å²) in [6.45, 7) is 0.588. The van der Waals surface area contributed by atoms with Gasteiger partial charge in [-0.05, 0) is 12.1 Å². The van der Waals surface area contributed by atoms with E-state index in [-0.39, 0.29) is 0 Å². The first kappa shape index (κ1) is 11.5. The van der Waals surface area contributed by atoms with Gasteiger partial charge in [0, 0.05) is 7.05 Å². The Bertz CT molecular complexity index is 518. The van der Waals surface area contributed by atoms with Gasteiger partial charge in [0.25, 0.3) is 0 Å². The third-order valence-corrected chi connectivity index (χ3v) is 2.48. The minimum absolute atomic E-state index is 0.296. The molecule has 0 aliphatic rings. The van der Waals surface area contributed by atoms with Gasteiger partial charge in [0.2, 0.25) is 0 Å². The first-order chi connectivity index (χ1) is 8.16. The molecule has 2 heterocycles. The molecular formula is C10H12N6S. The smallest absolute Gasteiger partial charge is 0.151 e. The van der Waals surface area contributed by atoms with Crippen LogP contribution in [0.5, 0.6) is 0 Å². The van der Waals surface area contributed by atoms with E-state index in [4.69, 9.17) is 18.0 Å². The zero-order valence-corrected chi connectivity index (χ0v) is 10.1. The highest BCUT2D eigenvalue weighted by molar-refractivity contribution is 7.80. The number of aromatic nitrogens is 4. The zero-order chi connectivity index (χ0) is 12.3. The standard InChI is InChI=1S/C10H12N6S/c1-16-6-14-15-9(16)5-12-7-2-3-8(10(11)17)13-4-7/h2-4,6,12H,5H2,1H3,(H2,11,17). The van der Waals surface area contributed by atoms with Crippen molar-refractivity contribution in [2.75, 3.05) is 5.32 Å². The number of rotatable bonds is 4. The molecule has 88 valence electrons. The van der Waals surface area contributed by atoms with Crippen LogP contribution < -0.4 is 11.1 Å². The normalized spacial score (nSPS) is 10.2. The Kier molecular flexibility index (Phi) is 3.29. The average Bonchev–Trinajstić information content (AvgIpc) is 2.73. The van der Waals surface area contributed by atoms with E-state index in [0.717, 1.165) is 11.5 Å². The first-order valence-electron chi connectivity index (χ1n) is 4.99. The molecule has 0 atom stereocenters. The van der Waals surface area contributed by atoms with Crippen LogP contribution in [0.15, 0.2) is 24.7 Å². The molecular weight excluding hydrogens is 236 g/mol. The molecule has 0 fully saturated rings. The van der Waals surface area contributed by atoms with Crippen molar-refractivity contribution < 1.29 is 0 Å². The number of hydrogen-bond acceptors (Lipinski definition) is 5. The predicted octanol–water partition coefficient (Wildman–Crippen LogP) is 0.456. The Hall–Kier alpha value is -2.02. The summed E-state index contributed by atoms with van der Waals surface area (Å²) in [5, 5.41) is 10.9. The van der Waals surface area contributed by atoms with Crippen LogP contribution >= 0.6 is 12.2 Å². The highest BCUT2D eigenvalue weighted by Gasteiger charge is 2.01. The number of thiocarbonyl (C=S) groups is 1. The first-order valence-corrected chi connectivity index (χ1v) is 5.40. The van der Waals surface area contributed by atoms with Crippen LogP contribution in [0.25, 0.3) is 0 Å². The van der Waals surface area contributed by atoms with Crippen molar-refractivity contribution in [3.8, 4) is 0 Å². The summed E-state index contributed by atoms with van der Waals surface area (Å²) in [5.74, 6) is 0.850. The number of anilines is 1. The van der Waals surface area contributed by atoms with Gasteiger partial charge in [0.1, 0.15) is 11.3 Å². The molecule has 2 aromatic rings. The lowest BCUT2D eigenvalue weighted by Crippen LogP contribution is -2.11. The molecule has 3 N–H and O–H groups in total. The summed E-state index contributed by atoms with van der Waals surface area (Å²) in [7, 11) is 1.89. The molecule has 0 saturated carbocycles. The number of aryl methyl sites for hydroxylation is 1. The van der Waals surface area contributed by atoms with Gasteiger partial charge in [-0.3, -0.25) is 4.98 Å². The van der Waals surface area contributed by atoms with Crippen LogP contribution in [0.3, 0.4) is 0 Å². The molecule has 17 heavy (non-hydrogen) atoms. The number of nitrogens with one attached hydrogen (secondary N) is 1. The fourth-order valence-electron chi connectivity index (χ4n) is 1.29. The summed E-state index contributed by atoms with van der Waals surface area (Å²) < 4.78 is 1.85. The number of pyridine rings is 1. The topological polar surface area (TPSA) is 81.7 Å². The lowest BCUT2D eigenvalue weighted by molar-refractivity contribution is 0.812. The van der Waals surface area contributed by atoms with Gasteiger partial charge in [-0.25, -0.2) is 0 Å². The quantitative estimate of drug-likeness (QED) is 0.765. The molecule has 0 aliphatic heterocycles. The Balaban J connectivity index is 2.00. The van der Waals surface area contributed by atoms with Gasteiger partial charge in [-0.1, -0.05) is 12.2 Å². The van der Waals surface area contributed by atoms with Crippen molar-refractivity contribution in [2.45, 2.75) is 6.54 Å². The average molecular weight is 248 g/mol. The largest absolute Gasteiger partial charge is 0.388 e. The second kappa shape index (κ2) is 4.88. The summed E-state index contributed by atoms with van der Waals surface area (Å²) in [5.41, 5.74) is 6.96. The lowest BCUT2D eigenvalue weighted by atomic mass is 10.3. The van der Waals surface area contributed by atoms with Gasteiger partial charge in [-0.2, -0.15) is 0 Å². The van der Waals surface area contributed by atoms with Gasteiger partial charge < -0.3 is 15.6 Å². The van der Waals surface area contributed by atoms with Crippen molar-refractivity contribution in [2.24, 2.45) is 12.8 Å². The van der Waals surface area contributed by atoms with Crippen LogP contribution in [-0.2, 0) is 13.6 Å². The number of nitrogens with zero attached hydrogens (tertiary/aromatic N) is 4. The molecule has 6 nitrogen and oxygen atoms in total. The van der Waals surface area contributed by atoms with Gasteiger partial charge >= 0.3 is 0 Å². The van der Waals surface area contributed by atoms with E-state index in [1.165, 1.54) is 0 Å². The minimum Gasteiger partial charge on any atom is -0.388 e. The van der Waals surface area contributed by atoms with E-state index in [9.17, 15) is 0 Å².